The summed E-state index contributed by atoms with van der Waals surface area (Å²) in [7, 11) is 0. The minimum atomic E-state index is -0.993. The minimum absolute atomic E-state index is 0.271. The smallest absolute Gasteiger partial charge is 0.344 e. The van der Waals surface area contributed by atoms with Gasteiger partial charge in [-0.25, -0.2) is 9.59 Å². The van der Waals surface area contributed by atoms with Crippen molar-refractivity contribution in [1.29, 1.82) is 0 Å². The van der Waals surface area contributed by atoms with Crippen LogP contribution in [0.2, 0.25) is 0 Å². The summed E-state index contributed by atoms with van der Waals surface area (Å²) in [5.41, 5.74) is 3.94. The van der Waals surface area contributed by atoms with Crippen molar-refractivity contribution in [2.24, 2.45) is 0 Å². The van der Waals surface area contributed by atoms with E-state index in [2.05, 4.69) is 15.3 Å². The topological polar surface area (TPSA) is 113 Å². The van der Waals surface area contributed by atoms with E-state index in [1.54, 1.807) is 18.2 Å². The lowest BCUT2D eigenvalue weighted by Gasteiger charge is -2.14. The first-order valence-electron chi connectivity index (χ1n) is 9.45. The predicted molar refractivity (Wildman–Crippen MR) is 107 cm³/mol. The minimum Gasteiger partial charge on any atom is -0.482 e. The molecular weight excluding hydrogens is 374 g/mol. The third kappa shape index (κ3) is 4.31. The van der Waals surface area contributed by atoms with Gasteiger partial charge in [-0.2, -0.15) is 0 Å². The molecule has 8 heteroatoms. The molecule has 3 aromatic rings. The number of anilines is 1. The molecule has 1 aliphatic rings. The normalized spacial score (nSPS) is 13.7. The lowest BCUT2D eigenvalue weighted by molar-refractivity contribution is -0.155. The van der Waals surface area contributed by atoms with Crippen LogP contribution in [0.5, 0.6) is 5.75 Å². The number of amides is 1. The van der Waals surface area contributed by atoms with Gasteiger partial charge in [0.25, 0.3) is 5.91 Å². The van der Waals surface area contributed by atoms with Crippen molar-refractivity contribution in [3.63, 3.8) is 0 Å². The van der Waals surface area contributed by atoms with Gasteiger partial charge in [0, 0.05) is 5.69 Å². The fourth-order valence-corrected chi connectivity index (χ4v) is 3.42. The van der Waals surface area contributed by atoms with E-state index in [1.807, 2.05) is 18.2 Å². The number of carbonyl (C=O) groups excluding carboxylic acids is 2. The molecule has 4 rings (SSSR count). The number of H-pyrrole nitrogens is 2. The highest BCUT2D eigenvalue weighted by Crippen LogP contribution is 2.26. The molecule has 3 N–H and O–H groups in total. The van der Waals surface area contributed by atoms with Crippen molar-refractivity contribution in [3.05, 3.63) is 58.0 Å². The van der Waals surface area contributed by atoms with Crippen molar-refractivity contribution in [2.45, 2.75) is 32.3 Å². The molecule has 0 radical (unpaired) electrons. The first kappa shape index (κ1) is 18.8. The van der Waals surface area contributed by atoms with Gasteiger partial charge in [-0.05, 0) is 67.6 Å². The molecule has 1 heterocycles. The Labute approximate surface area is 166 Å². The molecule has 0 spiro atoms. The van der Waals surface area contributed by atoms with Gasteiger partial charge in [0.15, 0.2) is 12.7 Å². The fourth-order valence-electron chi connectivity index (χ4n) is 3.42. The molecule has 29 heavy (non-hydrogen) atoms. The molecule has 0 saturated carbocycles. The Hall–Kier alpha value is -3.55. The van der Waals surface area contributed by atoms with Crippen LogP contribution in [0, 0.1) is 0 Å². The Morgan fingerprint density at radius 1 is 1.07 bits per heavy atom. The van der Waals surface area contributed by atoms with Gasteiger partial charge < -0.3 is 24.8 Å². The summed E-state index contributed by atoms with van der Waals surface area (Å²) in [4.78, 5) is 40.8. The number of fused-ring (bicyclic) bond motifs is 2. The summed E-state index contributed by atoms with van der Waals surface area (Å²) in [6, 6.07) is 10.8. The fraction of sp³-hybridized carbons (Fsp3) is 0.286. The quantitative estimate of drug-likeness (QED) is 0.554. The molecule has 0 bridgehead atoms. The van der Waals surface area contributed by atoms with Gasteiger partial charge >= 0.3 is 11.7 Å². The second kappa shape index (κ2) is 7.83. The number of aromatic amines is 2. The first-order chi connectivity index (χ1) is 14.0. The number of nitrogens with one attached hydrogen (secondary N) is 3. The van der Waals surface area contributed by atoms with E-state index < -0.39 is 18.0 Å². The average molecular weight is 395 g/mol. The molecule has 0 saturated heterocycles. The molecule has 2 aromatic carbocycles. The number of benzene rings is 2. The summed E-state index contributed by atoms with van der Waals surface area (Å²) < 4.78 is 10.6. The first-order valence-corrected chi connectivity index (χ1v) is 9.45. The van der Waals surface area contributed by atoms with Crippen LogP contribution in [0.3, 0.4) is 0 Å². The third-order valence-corrected chi connectivity index (χ3v) is 4.89. The number of imidazole rings is 1. The Bertz CT molecular complexity index is 1130. The second-order valence-electron chi connectivity index (χ2n) is 7.03. The average Bonchev–Trinajstić information content (AvgIpc) is 3.30. The largest absolute Gasteiger partial charge is 0.482 e. The van der Waals surface area contributed by atoms with Crippen LogP contribution in [0.1, 0.15) is 24.5 Å². The monoisotopic (exact) mass is 395 g/mol. The Kier molecular flexibility index (Phi) is 5.07. The highest BCUT2D eigenvalue weighted by molar-refractivity contribution is 5.96. The highest BCUT2D eigenvalue weighted by atomic mass is 16.6. The van der Waals surface area contributed by atoms with E-state index in [-0.39, 0.29) is 12.3 Å². The van der Waals surface area contributed by atoms with Gasteiger partial charge in [0.2, 0.25) is 0 Å². The third-order valence-electron chi connectivity index (χ3n) is 4.89. The predicted octanol–water partition coefficient (Wildman–Crippen LogP) is 2.29. The lowest BCUT2D eigenvalue weighted by Crippen LogP contribution is -2.31. The summed E-state index contributed by atoms with van der Waals surface area (Å²) in [5.74, 6) is -0.486. The molecule has 0 unspecified atom stereocenters. The zero-order valence-corrected chi connectivity index (χ0v) is 15.9. The summed E-state index contributed by atoms with van der Waals surface area (Å²) >= 11 is 0. The summed E-state index contributed by atoms with van der Waals surface area (Å²) in [6.07, 6.45) is 2.25. The molecular formula is C21H21N3O5. The van der Waals surface area contributed by atoms with Crippen molar-refractivity contribution >= 4 is 28.6 Å². The molecule has 1 amide bonds. The van der Waals surface area contributed by atoms with Crippen molar-refractivity contribution in [2.75, 3.05) is 11.9 Å². The maximum Gasteiger partial charge on any atom is 0.344 e. The van der Waals surface area contributed by atoms with Crippen molar-refractivity contribution in [3.8, 4) is 5.75 Å². The zero-order chi connectivity index (χ0) is 20.4. The summed E-state index contributed by atoms with van der Waals surface area (Å²) in [6.45, 7) is 1.21. The van der Waals surface area contributed by atoms with Crippen LogP contribution in [-0.2, 0) is 27.2 Å². The van der Waals surface area contributed by atoms with E-state index in [4.69, 9.17) is 9.47 Å². The number of esters is 1. The number of ether oxygens (including phenoxy) is 2. The molecule has 1 aromatic heterocycles. The van der Waals surface area contributed by atoms with Crippen LogP contribution in [0.15, 0.2) is 41.2 Å². The van der Waals surface area contributed by atoms with E-state index in [9.17, 15) is 14.4 Å². The molecule has 1 aliphatic carbocycles. The van der Waals surface area contributed by atoms with Gasteiger partial charge in [-0.15, -0.1) is 0 Å². The standard InChI is InChI=1S/C21H21N3O5/c1-12(20(26)22-15-6-8-17-18(10-15)24-21(27)23-17)29-19(25)11-28-16-7-5-13-3-2-4-14(13)9-16/h5-10,12H,2-4,11H2,1H3,(H,22,26)(H2,23,24,27)/t12-/m1/s1. The van der Waals surface area contributed by atoms with Gasteiger partial charge in [-0.1, -0.05) is 6.07 Å². The number of rotatable bonds is 6. The molecule has 0 aliphatic heterocycles. The van der Waals surface area contributed by atoms with E-state index in [1.165, 1.54) is 18.1 Å². The zero-order valence-electron chi connectivity index (χ0n) is 15.9. The lowest BCUT2D eigenvalue weighted by atomic mass is 10.1. The maximum atomic E-state index is 12.3. The Morgan fingerprint density at radius 2 is 1.86 bits per heavy atom. The SMILES string of the molecule is C[C@@H](OC(=O)COc1ccc2c(c1)CCC2)C(=O)Nc1ccc2[nH]c(=O)[nH]c2c1. The van der Waals surface area contributed by atoms with Crippen LogP contribution < -0.4 is 15.7 Å². The number of carbonyl (C=O) groups is 2. The van der Waals surface area contributed by atoms with E-state index in [0.29, 0.717) is 22.5 Å². The Morgan fingerprint density at radius 3 is 2.72 bits per heavy atom. The number of aryl methyl sites for hydroxylation is 2. The van der Waals surface area contributed by atoms with E-state index in [0.717, 1.165) is 19.3 Å². The van der Waals surface area contributed by atoms with Gasteiger partial charge in [0.05, 0.1) is 11.0 Å². The Balaban J connectivity index is 1.29. The van der Waals surface area contributed by atoms with Crippen LogP contribution in [0.25, 0.3) is 11.0 Å². The number of hydrogen-bond acceptors (Lipinski definition) is 5. The molecule has 0 fully saturated rings. The number of aromatic nitrogens is 2. The number of hydrogen-bond donors (Lipinski definition) is 3. The van der Waals surface area contributed by atoms with Crippen molar-refractivity contribution < 1.29 is 19.1 Å². The van der Waals surface area contributed by atoms with Gasteiger partial charge in [-0.3, -0.25) is 4.79 Å². The van der Waals surface area contributed by atoms with Crippen LogP contribution in [0.4, 0.5) is 5.69 Å². The molecule has 150 valence electrons. The summed E-state index contributed by atoms with van der Waals surface area (Å²) in [5, 5.41) is 2.66. The molecule has 1 atom stereocenters. The maximum absolute atomic E-state index is 12.3. The van der Waals surface area contributed by atoms with Crippen LogP contribution >= 0.6 is 0 Å². The molecule has 8 nitrogen and oxygen atoms in total. The van der Waals surface area contributed by atoms with E-state index >= 15 is 0 Å². The van der Waals surface area contributed by atoms with Gasteiger partial charge in [0.1, 0.15) is 5.75 Å². The van der Waals surface area contributed by atoms with Crippen LogP contribution in [-0.4, -0.2) is 34.6 Å². The second-order valence-corrected chi connectivity index (χ2v) is 7.03. The highest BCUT2D eigenvalue weighted by Gasteiger charge is 2.19. The van der Waals surface area contributed by atoms with Crippen molar-refractivity contribution in [1.82, 2.24) is 9.97 Å².